The van der Waals surface area contributed by atoms with E-state index in [4.69, 9.17) is 14.6 Å². The van der Waals surface area contributed by atoms with Crippen LogP contribution < -0.4 is 20.1 Å². The summed E-state index contributed by atoms with van der Waals surface area (Å²) < 4.78 is 13.6. The Labute approximate surface area is 197 Å². The van der Waals surface area contributed by atoms with Crippen LogP contribution in [0, 0.1) is 0 Å². The number of aromatic nitrogens is 2. The first-order valence-electron chi connectivity index (χ1n) is 11.4. The van der Waals surface area contributed by atoms with E-state index in [-0.39, 0.29) is 5.91 Å². The first-order chi connectivity index (χ1) is 16.7. The number of nitrogens with one attached hydrogen (secondary N) is 2. The van der Waals surface area contributed by atoms with Crippen LogP contribution in [0.4, 0.5) is 5.69 Å². The van der Waals surface area contributed by atoms with E-state index in [1.54, 1.807) is 0 Å². The van der Waals surface area contributed by atoms with Gasteiger partial charge in [-0.1, -0.05) is 42.5 Å². The van der Waals surface area contributed by atoms with Crippen LogP contribution in [0.5, 0.6) is 11.5 Å². The normalized spacial score (nSPS) is 16.7. The molecule has 4 aromatic rings. The van der Waals surface area contributed by atoms with Gasteiger partial charge in [0.2, 0.25) is 0 Å². The Bertz CT molecular complexity index is 1350. The smallest absolute Gasteiger partial charge is 0.255 e. The maximum absolute atomic E-state index is 12.8. The van der Waals surface area contributed by atoms with Gasteiger partial charge in [0.05, 0.1) is 31.0 Å². The van der Waals surface area contributed by atoms with Crippen LogP contribution in [-0.2, 0) is 6.54 Å². The molecule has 7 heteroatoms. The van der Waals surface area contributed by atoms with Crippen LogP contribution >= 0.6 is 0 Å². The molecule has 7 nitrogen and oxygen atoms in total. The van der Waals surface area contributed by atoms with E-state index in [9.17, 15) is 4.79 Å². The lowest BCUT2D eigenvalue weighted by atomic mass is 10.0. The zero-order valence-corrected chi connectivity index (χ0v) is 18.5. The first kappa shape index (κ1) is 20.4. The topological polar surface area (TPSA) is 77.4 Å². The molecule has 0 saturated heterocycles. The fourth-order valence-electron chi connectivity index (χ4n) is 4.40. The van der Waals surface area contributed by atoms with Crippen molar-refractivity contribution in [2.75, 3.05) is 18.5 Å². The van der Waals surface area contributed by atoms with E-state index in [2.05, 4.69) is 22.8 Å². The maximum Gasteiger partial charge on any atom is 0.255 e. The summed E-state index contributed by atoms with van der Waals surface area (Å²) >= 11 is 0. The molecule has 2 aliphatic heterocycles. The summed E-state index contributed by atoms with van der Waals surface area (Å²) in [4.78, 5) is 12.8. The molecular formula is C27H24N4O3. The molecule has 170 valence electrons. The van der Waals surface area contributed by atoms with Crippen molar-refractivity contribution in [1.29, 1.82) is 0 Å². The van der Waals surface area contributed by atoms with Crippen molar-refractivity contribution in [1.82, 2.24) is 15.1 Å². The highest BCUT2D eigenvalue weighted by atomic mass is 16.5. The number of fused-ring (bicyclic) bond motifs is 2. The summed E-state index contributed by atoms with van der Waals surface area (Å²) in [6.45, 7) is 1.87. The Morgan fingerprint density at radius 1 is 0.912 bits per heavy atom. The first-order valence-corrected chi connectivity index (χ1v) is 11.4. The number of carbonyl (C=O) groups is 1. The minimum absolute atomic E-state index is 0.111. The molecule has 2 N–H and O–H groups in total. The number of hydrogen-bond donors (Lipinski definition) is 2. The van der Waals surface area contributed by atoms with E-state index >= 15 is 0 Å². The average Bonchev–Trinajstić information content (AvgIpc) is 3.14. The van der Waals surface area contributed by atoms with Crippen LogP contribution in [0.3, 0.4) is 0 Å². The molecule has 1 amide bonds. The third-order valence-electron chi connectivity index (χ3n) is 6.06. The van der Waals surface area contributed by atoms with Crippen molar-refractivity contribution < 1.29 is 14.3 Å². The number of benzene rings is 3. The molecule has 0 unspecified atom stereocenters. The third kappa shape index (κ3) is 3.85. The van der Waals surface area contributed by atoms with Gasteiger partial charge in [-0.3, -0.25) is 9.48 Å². The maximum atomic E-state index is 12.8. The molecule has 3 aromatic carbocycles. The molecule has 2 aliphatic rings. The highest BCUT2D eigenvalue weighted by molar-refractivity contribution is 6.01. The quantitative estimate of drug-likeness (QED) is 0.473. The van der Waals surface area contributed by atoms with Gasteiger partial charge >= 0.3 is 0 Å². The molecule has 1 aromatic heterocycles. The molecule has 1 atom stereocenters. The molecule has 0 spiro atoms. The number of para-hydroxylation sites is 1. The summed E-state index contributed by atoms with van der Waals surface area (Å²) in [5.74, 6) is 1.34. The number of nitrogens with zero attached hydrogens (tertiary/aromatic N) is 2. The van der Waals surface area contributed by atoms with E-state index in [0.717, 1.165) is 40.2 Å². The third-order valence-corrected chi connectivity index (χ3v) is 6.06. The lowest BCUT2D eigenvalue weighted by Crippen LogP contribution is -2.38. The zero-order chi connectivity index (χ0) is 22.9. The molecule has 0 saturated carbocycles. The summed E-state index contributed by atoms with van der Waals surface area (Å²) in [6, 6.07) is 23.6. The van der Waals surface area contributed by atoms with E-state index < -0.39 is 6.17 Å². The Morgan fingerprint density at radius 2 is 1.71 bits per heavy atom. The van der Waals surface area contributed by atoms with Gasteiger partial charge in [0.15, 0.2) is 11.5 Å². The highest BCUT2D eigenvalue weighted by Crippen LogP contribution is 2.37. The van der Waals surface area contributed by atoms with E-state index in [1.165, 1.54) is 0 Å². The number of anilines is 1. The SMILES string of the molecule is O=C1N[C@@H](c2cn(Cc3ccccc3)nc2-c2ccc3c(c2)OCCCO3)Nc2ccccc21. The number of amides is 1. The Morgan fingerprint density at radius 3 is 2.59 bits per heavy atom. The second-order valence-corrected chi connectivity index (χ2v) is 8.42. The predicted octanol–water partition coefficient (Wildman–Crippen LogP) is 4.61. The summed E-state index contributed by atoms with van der Waals surface area (Å²) in [7, 11) is 0. The summed E-state index contributed by atoms with van der Waals surface area (Å²) in [6.07, 6.45) is 2.42. The van der Waals surface area contributed by atoms with Crippen LogP contribution in [0.25, 0.3) is 11.3 Å². The molecule has 0 aliphatic carbocycles. The number of ether oxygens (including phenoxy) is 2. The monoisotopic (exact) mass is 452 g/mol. The van der Waals surface area contributed by atoms with Gasteiger partial charge in [-0.25, -0.2) is 0 Å². The minimum Gasteiger partial charge on any atom is -0.490 e. The van der Waals surface area contributed by atoms with Crippen LogP contribution in [0.2, 0.25) is 0 Å². The minimum atomic E-state index is -0.419. The van der Waals surface area contributed by atoms with Crippen LogP contribution in [-0.4, -0.2) is 28.9 Å². The highest BCUT2D eigenvalue weighted by Gasteiger charge is 2.28. The summed E-state index contributed by atoms with van der Waals surface area (Å²) in [5, 5.41) is 11.5. The summed E-state index contributed by atoms with van der Waals surface area (Å²) in [5.41, 5.74) is 5.15. The second-order valence-electron chi connectivity index (χ2n) is 8.42. The van der Waals surface area contributed by atoms with Crippen molar-refractivity contribution in [2.24, 2.45) is 0 Å². The Kier molecular flexibility index (Phi) is 5.14. The van der Waals surface area contributed by atoms with Gasteiger partial charge in [-0.15, -0.1) is 0 Å². The van der Waals surface area contributed by atoms with Gasteiger partial charge in [-0.05, 0) is 35.9 Å². The lowest BCUT2D eigenvalue weighted by Gasteiger charge is -2.27. The molecule has 34 heavy (non-hydrogen) atoms. The van der Waals surface area contributed by atoms with Crippen molar-refractivity contribution in [2.45, 2.75) is 19.1 Å². The fourth-order valence-corrected chi connectivity index (χ4v) is 4.40. The largest absolute Gasteiger partial charge is 0.490 e. The van der Waals surface area contributed by atoms with Gasteiger partial charge in [0, 0.05) is 29.4 Å². The van der Waals surface area contributed by atoms with Crippen LogP contribution in [0.15, 0.2) is 79.0 Å². The van der Waals surface area contributed by atoms with E-state index in [1.807, 2.05) is 71.5 Å². The standard InChI is InChI=1S/C27H24N4O3/c32-27-20-9-4-5-10-22(20)28-26(29-27)21-17-31(16-18-7-2-1-3-8-18)30-25(21)19-11-12-23-24(15-19)34-14-6-13-33-23/h1-5,7-12,15,17,26,28H,6,13-14,16H2,(H,29,32)/t26-/m0/s1. The Hall–Kier alpha value is -4.26. The zero-order valence-electron chi connectivity index (χ0n) is 18.5. The number of carbonyl (C=O) groups excluding carboxylic acids is 1. The van der Waals surface area contributed by atoms with Crippen molar-refractivity contribution in [3.63, 3.8) is 0 Å². The van der Waals surface area contributed by atoms with Crippen LogP contribution in [0.1, 0.15) is 34.1 Å². The van der Waals surface area contributed by atoms with Crippen molar-refractivity contribution in [3.8, 4) is 22.8 Å². The molecule has 3 heterocycles. The Balaban J connectivity index is 1.42. The lowest BCUT2D eigenvalue weighted by molar-refractivity contribution is 0.0936. The van der Waals surface area contributed by atoms with Crippen molar-refractivity contribution in [3.05, 3.63) is 95.7 Å². The predicted molar refractivity (Wildman–Crippen MR) is 129 cm³/mol. The molecule has 0 bridgehead atoms. The fraction of sp³-hybridized carbons (Fsp3) is 0.185. The molecular weight excluding hydrogens is 428 g/mol. The molecule has 0 fully saturated rings. The number of rotatable bonds is 4. The van der Waals surface area contributed by atoms with Gasteiger partial charge in [0.25, 0.3) is 5.91 Å². The van der Waals surface area contributed by atoms with Gasteiger partial charge < -0.3 is 20.1 Å². The second kappa shape index (κ2) is 8.59. The van der Waals surface area contributed by atoms with E-state index in [0.29, 0.717) is 31.1 Å². The molecule has 6 rings (SSSR count). The van der Waals surface area contributed by atoms with Gasteiger partial charge in [0.1, 0.15) is 6.17 Å². The van der Waals surface area contributed by atoms with Gasteiger partial charge in [-0.2, -0.15) is 5.10 Å². The van der Waals surface area contributed by atoms with Crippen molar-refractivity contribution >= 4 is 11.6 Å². The number of hydrogen-bond acceptors (Lipinski definition) is 5. The average molecular weight is 453 g/mol. The molecule has 0 radical (unpaired) electrons.